The Morgan fingerprint density at radius 2 is 1.79 bits per heavy atom. The fourth-order valence-corrected chi connectivity index (χ4v) is 1.85. The summed E-state index contributed by atoms with van der Waals surface area (Å²) in [7, 11) is 0. The number of hydrogen-bond acceptors (Lipinski definition) is 1. The van der Waals surface area contributed by atoms with Gasteiger partial charge in [-0.05, 0) is 30.5 Å². The molecule has 0 saturated heterocycles. The van der Waals surface area contributed by atoms with Crippen molar-refractivity contribution in [2.24, 2.45) is 0 Å². The Bertz CT molecular complexity index is 323. The van der Waals surface area contributed by atoms with Crippen molar-refractivity contribution in [2.75, 3.05) is 0 Å². The van der Waals surface area contributed by atoms with Gasteiger partial charge in [-0.1, -0.05) is 24.3 Å². The fraction of sp³-hybridized carbons (Fsp3) is 0.385. The van der Waals surface area contributed by atoms with Gasteiger partial charge in [0, 0.05) is 12.8 Å². The van der Waals surface area contributed by atoms with Crippen molar-refractivity contribution in [3.8, 4) is 0 Å². The topological polar surface area (TPSA) is 9.23 Å². The van der Waals surface area contributed by atoms with Crippen LogP contribution in [-0.4, -0.2) is 6.10 Å². The van der Waals surface area contributed by atoms with Crippen LogP contribution in [0.1, 0.15) is 25.0 Å². The van der Waals surface area contributed by atoms with Crippen molar-refractivity contribution in [3.63, 3.8) is 0 Å². The zero-order valence-corrected chi connectivity index (χ0v) is 8.79. The minimum atomic E-state index is 0.349. The highest BCUT2D eigenvalue weighted by Crippen LogP contribution is 2.23. The summed E-state index contributed by atoms with van der Waals surface area (Å²) in [5.74, 6) is 0. The summed E-state index contributed by atoms with van der Waals surface area (Å²) in [4.78, 5) is 0. The van der Waals surface area contributed by atoms with E-state index in [-0.39, 0.29) is 0 Å². The summed E-state index contributed by atoms with van der Waals surface area (Å²) >= 11 is 0. The first-order valence-electron chi connectivity index (χ1n) is 5.11. The Balaban J connectivity index is 2.02. The van der Waals surface area contributed by atoms with Crippen molar-refractivity contribution in [1.82, 2.24) is 0 Å². The van der Waals surface area contributed by atoms with E-state index in [1.165, 1.54) is 16.7 Å². The first-order chi connectivity index (χ1) is 6.75. The fourth-order valence-electron chi connectivity index (χ4n) is 1.85. The average Bonchev–Trinajstić information content (AvgIpc) is 2.57. The molecule has 0 N–H and O–H groups in total. The van der Waals surface area contributed by atoms with Crippen LogP contribution in [-0.2, 0) is 17.6 Å². The Morgan fingerprint density at radius 1 is 1.21 bits per heavy atom. The first-order valence-corrected chi connectivity index (χ1v) is 5.11. The normalized spacial score (nSPS) is 15.0. The summed E-state index contributed by atoms with van der Waals surface area (Å²) in [5, 5.41) is 0. The first kappa shape index (κ1) is 9.32. The molecule has 0 atom stereocenters. The van der Waals surface area contributed by atoms with Crippen molar-refractivity contribution in [2.45, 2.75) is 32.8 Å². The standard InChI is InChI=1S/C13H16O/c1-10(2)9-14-13-7-11-5-3-4-6-12(11)8-13/h3-6,9,13H,7-8H2,1-2H3. The Labute approximate surface area is 85.4 Å². The van der Waals surface area contributed by atoms with E-state index in [1.54, 1.807) is 0 Å². The number of hydrogen-bond donors (Lipinski definition) is 0. The van der Waals surface area contributed by atoms with Gasteiger partial charge in [0.15, 0.2) is 0 Å². The number of ether oxygens (including phenoxy) is 1. The molecule has 1 aliphatic carbocycles. The lowest BCUT2D eigenvalue weighted by atomic mass is 10.1. The quantitative estimate of drug-likeness (QED) is 0.648. The maximum absolute atomic E-state index is 5.68. The molecule has 0 aromatic heterocycles. The van der Waals surface area contributed by atoms with Gasteiger partial charge in [0.25, 0.3) is 0 Å². The van der Waals surface area contributed by atoms with Gasteiger partial charge in [-0.25, -0.2) is 0 Å². The summed E-state index contributed by atoms with van der Waals surface area (Å²) < 4.78 is 5.68. The molecule has 0 amide bonds. The van der Waals surface area contributed by atoms with Crippen LogP contribution >= 0.6 is 0 Å². The van der Waals surface area contributed by atoms with E-state index in [4.69, 9.17) is 4.74 Å². The van der Waals surface area contributed by atoms with E-state index < -0.39 is 0 Å². The van der Waals surface area contributed by atoms with Crippen LogP contribution in [0.4, 0.5) is 0 Å². The van der Waals surface area contributed by atoms with Crippen LogP contribution < -0.4 is 0 Å². The van der Waals surface area contributed by atoms with Gasteiger partial charge < -0.3 is 4.74 Å². The van der Waals surface area contributed by atoms with E-state index in [9.17, 15) is 0 Å². The molecular weight excluding hydrogens is 172 g/mol. The minimum absolute atomic E-state index is 0.349. The Hall–Kier alpha value is -1.24. The summed E-state index contributed by atoms with van der Waals surface area (Å²) in [6, 6.07) is 8.59. The Morgan fingerprint density at radius 3 is 2.29 bits per heavy atom. The molecule has 1 aromatic rings. The number of benzene rings is 1. The number of fused-ring (bicyclic) bond motifs is 1. The van der Waals surface area contributed by atoms with Crippen LogP contribution in [0.25, 0.3) is 0 Å². The molecule has 0 saturated carbocycles. The van der Waals surface area contributed by atoms with Gasteiger partial charge in [-0.15, -0.1) is 0 Å². The molecule has 0 fully saturated rings. The van der Waals surface area contributed by atoms with Gasteiger partial charge in [-0.2, -0.15) is 0 Å². The molecule has 14 heavy (non-hydrogen) atoms. The molecule has 0 spiro atoms. The molecule has 0 heterocycles. The van der Waals surface area contributed by atoms with Crippen molar-refractivity contribution >= 4 is 0 Å². The van der Waals surface area contributed by atoms with Crippen LogP contribution in [0.3, 0.4) is 0 Å². The smallest absolute Gasteiger partial charge is 0.106 e. The third-order valence-corrected chi connectivity index (χ3v) is 2.51. The molecule has 0 radical (unpaired) electrons. The zero-order valence-electron chi connectivity index (χ0n) is 8.79. The van der Waals surface area contributed by atoms with Crippen LogP contribution in [0.15, 0.2) is 36.1 Å². The molecule has 1 nitrogen and oxygen atoms in total. The lowest BCUT2D eigenvalue weighted by molar-refractivity contribution is 0.152. The second-order valence-corrected chi connectivity index (χ2v) is 4.13. The average molecular weight is 188 g/mol. The monoisotopic (exact) mass is 188 g/mol. The third-order valence-electron chi connectivity index (χ3n) is 2.51. The van der Waals surface area contributed by atoms with E-state index in [0.717, 1.165) is 12.8 Å². The van der Waals surface area contributed by atoms with Crippen LogP contribution in [0.5, 0.6) is 0 Å². The van der Waals surface area contributed by atoms with Gasteiger partial charge in [-0.3, -0.25) is 0 Å². The summed E-state index contributed by atoms with van der Waals surface area (Å²) in [5.41, 5.74) is 4.11. The molecule has 1 aliphatic rings. The second kappa shape index (κ2) is 3.87. The maximum atomic E-state index is 5.68. The molecule has 74 valence electrons. The van der Waals surface area contributed by atoms with E-state index in [2.05, 4.69) is 38.1 Å². The predicted molar refractivity (Wildman–Crippen MR) is 58.2 cm³/mol. The van der Waals surface area contributed by atoms with E-state index in [1.807, 2.05) is 6.26 Å². The highest BCUT2D eigenvalue weighted by atomic mass is 16.5. The highest BCUT2D eigenvalue weighted by Gasteiger charge is 2.20. The van der Waals surface area contributed by atoms with E-state index >= 15 is 0 Å². The van der Waals surface area contributed by atoms with Crippen LogP contribution in [0, 0.1) is 0 Å². The number of allylic oxidation sites excluding steroid dienone is 1. The van der Waals surface area contributed by atoms with Gasteiger partial charge >= 0.3 is 0 Å². The molecule has 0 aliphatic heterocycles. The molecule has 0 unspecified atom stereocenters. The van der Waals surface area contributed by atoms with Gasteiger partial charge in [0.05, 0.1) is 6.26 Å². The predicted octanol–water partition coefficient (Wildman–Crippen LogP) is 3.09. The lowest BCUT2D eigenvalue weighted by Gasteiger charge is -2.08. The number of rotatable bonds is 2. The lowest BCUT2D eigenvalue weighted by Crippen LogP contribution is -2.08. The van der Waals surface area contributed by atoms with Crippen molar-refractivity contribution in [3.05, 3.63) is 47.2 Å². The Kier molecular flexibility index (Phi) is 2.58. The molecule has 1 aromatic carbocycles. The third kappa shape index (κ3) is 1.98. The minimum Gasteiger partial charge on any atom is -0.497 e. The molecule has 0 bridgehead atoms. The molecule has 1 heteroatoms. The summed E-state index contributed by atoms with van der Waals surface area (Å²) in [6.07, 6.45) is 4.33. The SMILES string of the molecule is CC(C)=COC1Cc2ccccc2C1. The largest absolute Gasteiger partial charge is 0.497 e. The van der Waals surface area contributed by atoms with Gasteiger partial charge in [0.2, 0.25) is 0 Å². The van der Waals surface area contributed by atoms with E-state index in [0.29, 0.717) is 6.10 Å². The van der Waals surface area contributed by atoms with Crippen molar-refractivity contribution < 1.29 is 4.74 Å². The highest BCUT2D eigenvalue weighted by molar-refractivity contribution is 5.32. The maximum Gasteiger partial charge on any atom is 0.106 e. The molecular formula is C13H16O. The van der Waals surface area contributed by atoms with Crippen LogP contribution in [0.2, 0.25) is 0 Å². The van der Waals surface area contributed by atoms with Crippen molar-refractivity contribution in [1.29, 1.82) is 0 Å². The second-order valence-electron chi connectivity index (χ2n) is 4.13. The summed E-state index contributed by atoms with van der Waals surface area (Å²) in [6.45, 7) is 4.12. The molecule has 2 rings (SSSR count). The van der Waals surface area contributed by atoms with Gasteiger partial charge in [0.1, 0.15) is 6.10 Å². The zero-order chi connectivity index (χ0) is 9.97.